The maximum absolute atomic E-state index is 12.8. The summed E-state index contributed by atoms with van der Waals surface area (Å²) in [7, 11) is 0. The Morgan fingerprint density at radius 2 is 1.71 bits per heavy atom. The highest BCUT2D eigenvalue weighted by Crippen LogP contribution is 2.25. The van der Waals surface area contributed by atoms with Gasteiger partial charge in [0.2, 0.25) is 5.91 Å². The Balaban J connectivity index is 2.12. The number of nitrogens with one attached hydrogen (secondary N) is 2. The van der Waals surface area contributed by atoms with E-state index in [1.807, 2.05) is 0 Å². The van der Waals surface area contributed by atoms with Crippen LogP contribution in [0, 0.1) is 5.82 Å². The smallest absolute Gasteiger partial charge is 0.255 e. The van der Waals surface area contributed by atoms with Crippen LogP contribution in [-0.4, -0.2) is 11.8 Å². The van der Waals surface area contributed by atoms with Gasteiger partial charge >= 0.3 is 0 Å². The Morgan fingerprint density at radius 3 is 2.29 bits per heavy atom. The summed E-state index contributed by atoms with van der Waals surface area (Å²) in [6, 6.07) is 9.91. The lowest BCUT2D eigenvalue weighted by Gasteiger charge is -2.09. The minimum absolute atomic E-state index is 0.236. The molecule has 0 radical (unpaired) electrons. The topological polar surface area (TPSA) is 58.2 Å². The first-order chi connectivity index (χ1) is 9.95. The van der Waals surface area contributed by atoms with Crippen molar-refractivity contribution in [3.63, 3.8) is 0 Å². The number of amides is 2. The highest BCUT2D eigenvalue weighted by atomic mass is 35.5. The fraction of sp³-hybridized carbons (Fsp3) is 0.0667. The van der Waals surface area contributed by atoms with E-state index in [1.54, 1.807) is 12.1 Å². The Kier molecular flexibility index (Phi) is 4.55. The van der Waals surface area contributed by atoms with Gasteiger partial charge in [-0.1, -0.05) is 11.6 Å². The minimum atomic E-state index is -0.408. The molecule has 6 heteroatoms. The third-order valence-electron chi connectivity index (χ3n) is 2.64. The molecule has 4 nitrogen and oxygen atoms in total. The monoisotopic (exact) mass is 306 g/mol. The molecule has 2 rings (SSSR count). The maximum atomic E-state index is 12.8. The molecule has 0 aliphatic rings. The highest BCUT2D eigenvalue weighted by molar-refractivity contribution is 6.34. The van der Waals surface area contributed by atoms with Crippen molar-refractivity contribution in [2.24, 2.45) is 0 Å². The van der Waals surface area contributed by atoms with Gasteiger partial charge in [-0.25, -0.2) is 4.39 Å². The van der Waals surface area contributed by atoms with Crippen molar-refractivity contribution in [2.45, 2.75) is 6.92 Å². The average molecular weight is 307 g/mol. The summed E-state index contributed by atoms with van der Waals surface area (Å²) in [4.78, 5) is 22.9. The Morgan fingerprint density at radius 1 is 1.05 bits per heavy atom. The summed E-state index contributed by atoms with van der Waals surface area (Å²) in [5.41, 5.74) is 1.27. The van der Waals surface area contributed by atoms with Crippen molar-refractivity contribution in [3.05, 3.63) is 58.9 Å². The summed E-state index contributed by atoms with van der Waals surface area (Å²) in [6.45, 7) is 1.38. The van der Waals surface area contributed by atoms with Crippen molar-refractivity contribution in [3.8, 4) is 0 Å². The predicted octanol–water partition coefficient (Wildman–Crippen LogP) is 3.69. The van der Waals surface area contributed by atoms with E-state index in [4.69, 9.17) is 11.6 Å². The molecule has 0 aromatic heterocycles. The molecule has 0 heterocycles. The lowest BCUT2D eigenvalue weighted by molar-refractivity contribution is -0.114. The van der Waals surface area contributed by atoms with Crippen LogP contribution in [0.5, 0.6) is 0 Å². The molecule has 0 saturated carbocycles. The Bertz CT molecular complexity index is 687. The third kappa shape index (κ3) is 4.03. The van der Waals surface area contributed by atoms with Gasteiger partial charge in [-0.15, -0.1) is 0 Å². The van der Waals surface area contributed by atoms with E-state index in [9.17, 15) is 14.0 Å². The number of hydrogen-bond donors (Lipinski definition) is 2. The molecule has 0 bridgehead atoms. The van der Waals surface area contributed by atoms with Crippen LogP contribution in [-0.2, 0) is 4.79 Å². The quantitative estimate of drug-likeness (QED) is 0.908. The Hall–Kier alpha value is -2.40. The third-order valence-corrected chi connectivity index (χ3v) is 2.96. The fourth-order valence-electron chi connectivity index (χ4n) is 1.69. The van der Waals surface area contributed by atoms with Crippen LogP contribution >= 0.6 is 11.6 Å². The second-order valence-corrected chi connectivity index (χ2v) is 4.74. The SMILES string of the molecule is CC(=O)Nc1ccc(NC(=O)c2ccc(F)cc2)cc1Cl. The fourth-order valence-corrected chi connectivity index (χ4v) is 1.92. The molecule has 21 heavy (non-hydrogen) atoms. The number of carbonyl (C=O) groups is 2. The standard InChI is InChI=1S/C15H12ClFN2O2/c1-9(20)18-14-7-6-12(8-13(14)16)19-15(21)10-2-4-11(17)5-3-10/h2-8H,1H3,(H,18,20)(H,19,21). The summed E-state index contributed by atoms with van der Waals surface area (Å²) in [6.07, 6.45) is 0. The summed E-state index contributed by atoms with van der Waals surface area (Å²) in [5, 5.41) is 5.51. The van der Waals surface area contributed by atoms with Crippen molar-refractivity contribution in [1.82, 2.24) is 0 Å². The van der Waals surface area contributed by atoms with Gasteiger partial charge in [0.15, 0.2) is 0 Å². The van der Waals surface area contributed by atoms with E-state index in [-0.39, 0.29) is 11.8 Å². The van der Waals surface area contributed by atoms with Crippen LogP contribution in [0.4, 0.5) is 15.8 Å². The van der Waals surface area contributed by atoms with Gasteiger partial charge in [0.1, 0.15) is 5.82 Å². The lowest BCUT2D eigenvalue weighted by Crippen LogP contribution is -2.12. The second-order valence-electron chi connectivity index (χ2n) is 4.34. The molecule has 0 unspecified atom stereocenters. The number of benzene rings is 2. The van der Waals surface area contributed by atoms with Gasteiger partial charge in [0.25, 0.3) is 5.91 Å². The lowest BCUT2D eigenvalue weighted by atomic mass is 10.2. The second kappa shape index (κ2) is 6.37. The van der Waals surface area contributed by atoms with Crippen molar-refractivity contribution >= 4 is 34.8 Å². The molecule has 2 amide bonds. The number of halogens is 2. The van der Waals surface area contributed by atoms with E-state index < -0.39 is 5.82 Å². The molecule has 108 valence electrons. The first-order valence-electron chi connectivity index (χ1n) is 6.10. The summed E-state index contributed by atoms with van der Waals surface area (Å²) >= 11 is 6.01. The molecular formula is C15H12ClFN2O2. The van der Waals surface area contributed by atoms with E-state index >= 15 is 0 Å². The van der Waals surface area contributed by atoms with E-state index in [2.05, 4.69) is 10.6 Å². The van der Waals surface area contributed by atoms with Crippen molar-refractivity contribution < 1.29 is 14.0 Å². The van der Waals surface area contributed by atoms with Crippen molar-refractivity contribution in [1.29, 1.82) is 0 Å². The largest absolute Gasteiger partial charge is 0.325 e. The van der Waals surface area contributed by atoms with Crippen LogP contribution < -0.4 is 10.6 Å². The zero-order chi connectivity index (χ0) is 15.4. The van der Waals surface area contributed by atoms with Crippen LogP contribution in [0.25, 0.3) is 0 Å². The van der Waals surface area contributed by atoms with Gasteiger partial charge < -0.3 is 10.6 Å². The summed E-state index contributed by atoms with van der Waals surface area (Å²) in [5.74, 6) is -1.02. The van der Waals surface area contributed by atoms with E-state index in [1.165, 1.54) is 37.3 Å². The van der Waals surface area contributed by atoms with E-state index in [0.29, 0.717) is 22.0 Å². The number of carbonyl (C=O) groups excluding carboxylic acids is 2. The van der Waals surface area contributed by atoms with E-state index in [0.717, 1.165) is 0 Å². The molecule has 0 atom stereocenters. The van der Waals surface area contributed by atoms with Crippen LogP contribution in [0.15, 0.2) is 42.5 Å². The Labute approximate surface area is 125 Å². The molecule has 0 spiro atoms. The number of anilines is 2. The molecule has 0 aliphatic carbocycles. The summed E-state index contributed by atoms with van der Waals surface area (Å²) < 4.78 is 12.8. The zero-order valence-corrected chi connectivity index (χ0v) is 11.9. The highest BCUT2D eigenvalue weighted by Gasteiger charge is 2.08. The minimum Gasteiger partial charge on any atom is -0.325 e. The van der Waals surface area contributed by atoms with Gasteiger partial charge in [-0.2, -0.15) is 0 Å². The maximum Gasteiger partial charge on any atom is 0.255 e. The molecule has 0 aliphatic heterocycles. The zero-order valence-electron chi connectivity index (χ0n) is 11.1. The first kappa shape index (κ1) is 15.0. The molecule has 2 aromatic carbocycles. The number of rotatable bonds is 3. The van der Waals surface area contributed by atoms with Gasteiger partial charge in [0.05, 0.1) is 10.7 Å². The van der Waals surface area contributed by atoms with Crippen LogP contribution in [0.2, 0.25) is 5.02 Å². The van der Waals surface area contributed by atoms with Crippen LogP contribution in [0.3, 0.4) is 0 Å². The molecule has 2 aromatic rings. The predicted molar refractivity (Wildman–Crippen MR) is 80.1 cm³/mol. The normalized spacial score (nSPS) is 10.0. The molecule has 2 N–H and O–H groups in total. The van der Waals surface area contributed by atoms with Gasteiger partial charge in [-0.3, -0.25) is 9.59 Å². The molecular weight excluding hydrogens is 295 g/mol. The first-order valence-corrected chi connectivity index (χ1v) is 6.47. The molecule has 0 fully saturated rings. The molecule has 0 saturated heterocycles. The number of hydrogen-bond acceptors (Lipinski definition) is 2. The van der Waals surface area contributed by atoms with Crippen LogP contribution in [0.1, 0.15) is 17.3 Å². The van der Waals surface area contributed by atoms with Gasteiger partial charge in [-0.05, 0) is 42.5 Å². The van der Waals surface area contributed by atoms with Gasteiger partial charge in [0, 0.05) is 18.2 Å². The average Bonchev–Trinajstić information content (AvgIpc) is 2.42. The van der Waals surface area contributed by atoms with Crippen molar-refractivity contribution in [2.75, 3.05) is 10.6 Å².